The van der Waals surface area contributed by atoms with E-state index in [1.54, 1.807) is 0 Å². The van der Waals surface area contributed by atoms with Crippen molar-refractivity contribution in [2.45, 2.75) is 25.7 Å². The molecule has 3 aromatic rings. The van der Waals surface area contributed by atoms with Crippen LogP contribution in [0.5, 0.6) is 0 Å². The number of hydrogen-bond acceptors (Lipinski definition) is 1. The van der Waals surface area contributed by atoms with Gasteiger partial charge in [-0.25, -0.2) is 0 Å². The quantitative estimate of drug-likeness (QED) is 0.575. The molecule has 0 aliphatic carbocycles. The Morgan fingerprint density at radius 1 is 1.00 bits per heavy atom. The molecule has 2 heteroatoms. The molecule has 2 aromatic carbocycles. The molecule has 1 heterocycles. The largest absolute Gasteiger partial charge is 0.456 e. The van der Waals surface area contributed by atoms with Crippen LogP contribution >= 0.6 is 11.6 Å². The van der Waals surface area contributed by atoms with E-state index in [9.17, 15) is 0 Å². The number of rotatable bonds is 3. The van der Waals surface area contributed by atoms with E-state index in [2.05, 4.69) is 38.1 Å². The van der Waals surface area contributed by atoms with Gasteiger partial charge in [0.05, 0.1) is 0 Å². The molecule has 0 amide bonds. The van der Waals surface area contributed by atoms with E-state index in [-0.39, 0.29) is 5.41 Å². The van der Waals surface area contributed by atoms with Gasteiger partial charge >= 0.3 is 0 Å². The van der Waals surface area contributed by atoms with Crippen LogP contribution in [0.3, 0.4) is 0 Å². The van der Waals surface area contributed by atoms with Gasteiger partial charge in [-0.3, -0.25) is 0 Å². The molecule has 1 aromatic heterocycles. The third-order valence-corrected chi connectivity index (χ3v) is 4.07. The van der Waals surface area contributed by atoms with Crippen molar-refractivity contribution in [2.75, 3.05) is 5.88 Å². The first kappa shape index (κ1) is 12.6. The van der Waals surface area contributed by atoms with Gasteiger partial charge in [-0.1, -0.05) is 38.1 Å². The number of halogens is 1. The first-order chi connectivity index (χ1) is 9.12. The van der Waals surface area contributed by atoms with E-state index in [0.717, 1.165) is 17.6 Å². The van der Waals surface area contributed by atoms with Crippen LogP contribution in [0.4, 0.5) is 0 Å². The maximum Gasteiger partial charge on any atom is 0.135 e. The zero-order chi connectivity index (χ0) is 13.5. The van der Waals surface area contributed by atoms with Gasteiger partial charge < -0.3 is 4.42 Å². The third kappa shape index (κ3) is 2.12. The van der Waals surface area contributed by atoms with Crippen molar-refractivity contribution in [1.82, 2.24) is 0 Å². The van der Waals surface area contributed by atoms with Gasteiger partial charge in [0.25, 0.3) is 0 Å². The standard InChI is InChI=1S/C17H17ClO/c1-17(2,9-10-18)12-7-8-16-14(11-12)13-5-3-4-6-15(13)19-16/h3-8,11H,9-10H2,1-2H3. The molecule has 98 valence electrons. The minimum atomic E-state index is 0.0916. The molecule has 0 saturated carbocycles. The summed E-state index contributed by atoms with van der Waals surface area (Å²) in [5.74, 6) is 0.678. The van der Waals surface area contributed by atoms with Crippen LogP contribution in [0.25, 0.3) is 21.9 Å². The highest BCUT2D eigenvalue weighted by Gasteiger charge is 2.21. The monoisotopic (exact) mass is 272 g/mol. The van der Waals surface area contributed by atoms with Crippen LogP contribution in [0.2, 0.25) is 0 Å². The van der Waals surface area contributed by atoms with E-state index in [4.69, 9.17) is 16.0 Å². The Labute approximate surface area is 118 Å². The summed E-state index contributed by atoms with van der Waals surface area (Å²) in [7, 11) is 0. The number of benzene rings is 2. The normalized spacial score (nSPS) is 12.4. The summed E-state index contributed by atoms with van der Waals surface area (Å²) in [6.07, 6.45) is 0.968. The van der Waals surface area contributed by atoms with Crippen LogP contribution < -0.4 is 0 Å². The molecule has 0 bridgehead atoms. The maximum absolute atomic E-state index is 5.91. The lowest BCUT2D eigenvalue weighted by Crippen LogP contribution is -2.17. The lowest BCUT2D eigenvalue weighted by atomic mass is 9.82. The smallest absolute Gasteiger partial charge is 0.135 e. The van der Waals surface area contributed by atoms with Gasteiger partial charge in [0, 0.05) is 16.7 Å². The van der Waals surface area contributed by atoms with Gasteiger partial charge in [0.15, 0.2) is 0 Å². The predicted molar refractivity (Wildman–Crippen MR) is 82.1 cm³/mol. The molecule has 0 N–H and O–H groups in total. The van der Waals surface area contributed by atoms with Crippen LogP contribution in [0.15, 0.2) is 46.9 Å². The second kappa shape index (κ2) is 4.57. The number of hydrogen-bond donors (Lipinski definition) is 0. The van der Waals surface area contributed by atoms with Crippen LogP contribution in [0.1, 0.15) is 25.8 Å². The lowest BCUT2D eigenvalue weighted by molar-refractivity contribution is 0.510. The molecule has 0 atom stereocenters. The summed E-state index contributed by atoms with van der Waals surface area (Å²) in [5.41, 5.74) is 3.30. The Bertz CT molecular complexity index is 724. The summed E-state index contributed by atoms with van der Waals surface area (Å²) in [4.78, 5) is 0. The second-order valence-electron chi connectivity index (χ2n) is 5.63. The van der Waals surface area contributed by atoms with Crippen molar-refractivity contribution in [1.29, 1.82) is 0 Å². The van der Waals surface area contributed by atoms with Crippen molar-refractivity contribution in [2.24, 2.45) is 0 Å². The number of furan rings is 1. The molecule has 0 saturated heterocycles. The molecule has 0 unspecified atom stereocenters. The summed E-state index contributed by atoms with van der Waals surface area (Å²) < 4.78 is 5.85. The maximum atomic E-state index is 5.91. The third-order valence-electron chi connectivity index (χ3n) is 3.88. The van der Waals surface area contributed by atoms with Crippen molar-refractivity contribution >= 4 is 33.5 Å². The summed E-state index contributed by atoms with van der Waals surface area (Å²) in [5, 5.41) is 2.37. The Morgan fingerprint density at radius 2 is 1.74 bits per heavy atom. The predicted octanol–water partition coefficient (Wildman–Crippen LogP) is 5.49. The fraction of sp³-hybridized carbons (Fsp3) is 0.294. The number of para-hydroxylation sites is 1. The minimum Gasteiger partial charge on any atom is -0.456 e. The molecule has 0 radical (unpaired) electrons. The molecular weight excluding hydrogens is 256 g/mol. The summed E-state index contributed by atoms with van der Waals surface area (Å²) in [6.45, 7) is 4.47. The average Bonchev–Trinajstić information content (AvgIpc) is 2.76. The van der Waals surface area contributed by atoms with E-state index >= 15 is 0 Å². The zero-order valence-electron chi connectivity index (χ0n) is 11.2. The Hall–Kier alpha value is -1.47. The Morgan fingerprint density at radius 3 is 2.53 bits per heavy atom. The molecule has 0 aliphatic heterocycles. The van der Waals surface area contributed by atoms with Crippen LogP contribution in [-0.4, -0.2) is 5.88 Å². The van der Waals surface area contributed by atoms with Crippen molar-refractivity contribution in [3.8, 4) is 0 Å². The Balaban J connectivity index is 2.22. The highest BCUT2D eigenvalue weighted by Crippen LogP contribution is 2.34. The van der Waals surface area contributed by atoms with Crippen molar-refractivity contribution < 1.29 is 4.42 Å². The fourth-order valence-corrected chi connectivity index (χ4v) is 3.00. The van der Waals surface area contributed by atoms with Gasteiger partial charge in [0.1, 0.15) is 11.2 Å². The van der Waals surface area contributed by atoms with Crippen LogP contribution in [-0.2, 0) is 5.41 Å². The lowest BCUT2D eigenvalue weighted by Gasteiger charge is -2.24. The number of fused-ring (bicyclic) bond motifs is 3. The summed E-state index contributed by atoms with van der Waals surface area (Å²) in [6, 6.07) is 14.6. The molecule has 0 fully saturated rings. The van der Waals surface area contributed by atoms with Crippen LogP contribution in [0, 0.1) is 0 Å². The molecule has 3 rings (SSSR count). The average molecular weight is 273 g/mol. The van der Waals surface area contributed by atoms with E-state index in [0.29, 0.717) is 5.88 Å². The summed E-state index contributed by atoms with van der Waals surface area (Å²) >= 11 is 5.91. The van der Waals surface area contributed by atoms with Crippen molar-refractivity contribution in [3.05, 3.63) is 48.0 Å². The number of alkyl halides is 1. The van der Waals surface area contributed by atoms with Crippen molar-refractivity contribution in [3.63, 3.8) is 0 Å². The second-order valence-corrected chi connectivity index (χ2v) is 6.01. The van der Waals surface area contributed by atoms with Gasteiger partial charge in [-0.05, 0) is 35.6 Å². The molecular formula is C17H17ClO. The van der Waals surface area contributed by atoms with Gasteiger partial charge in [-0.15, -0.1) is 11.6 Å². The molecule has 0 spiro atoms. The molecule has 1 nitrogen and oxygen atoms in total. The van der Waals surface area contributed by atoms with E-state index in [1.165, 1.54) is 16.3 Å². The topological polar surface area (TPSA) is 13.1 Å². The first-order valence-corrected chi connectivity index (χ1v) is 7.13. The van der Waals surface area contributed by atoms with E-state index < -0.39 is 0 Å². The minimum absolute atomic E-state index is 0.0916. The highest BCUT2D eigenvalue weighted by atomic mass is 35.5. The fourth-order valence-electron chi connectivity index (χ4n) is 2.53. The molecule has 0 aliphatic rings. The first-order valence-electron chi connectivity index (χ1n) is 6.59. The zero-order valence-corrected chi connectivity index (χ0v) is 12.0. The van der Waals surface area contributed by atoms with Gasteiger partial charge in [0.2, 0.25) is 0 Å². The van der Waals surface area contributed by atoms with Gasteiger partial charge in [-0.2, -0.15) is 0 Å². The molecule has 19 heavy (non-hydrogen) atoms. The van der Waals surface area contributed by atoms with E-state index in [1.807, 2.05) is 18.2 Å². The highest BCUT2D eigenvalue weighted by molar-refractivity contribution is 6.17. The Kier molecular flexibility index (Phi) is 3.02. The SMILES string of the molecule is CC(C)(CCCl)c1ccc2oc3ccccc3c2c1.